The Labute approximate surface area is 107 Å². The van der Waals surface area contributed by atoms with E-state index in [2.05, 4.69) is 41.6 Å². The van der Waals surface area contributed by atoms with E-state index in [0.717, 1.165) is 24.6 Å². The van der Waals surface area contributed by atoms with Crippen LogP contribution in [0.25, 0.3) is 0 Å². The molecule has 0 aliphatic rings. The molecule has 2 nitrogen and oxygen atoms in total. The lowest BCUT2D eigenvalue weighted by molar-refractivity contribution is -0.147. The molecule has 0 spiro atoms. The molecule has 0 fully saturated rings. The molecular formula is C13H21BrO2. The van der Waals surface area contributed by atoms with Gasteiger partial charge in [0.25, 0.3) is 0 Å². The van der Waals surface area contributed by atoms with Crippen LogP contribution in [0.1, 0.15) is 46.5 Å². The third kappa shape index (κ3) is 8.79. The van der Waals surface area contributed by atoms with Crippen molar-refractivity contribution in [2.75, 3.05) is 5.33 Å². The Balaban J connectivity index is 4.14. The van der Waals surface area contributed by atoms with Crippen molar-refractivity contribution in [3.63, 3.8) is 0 Å². The van der Waals surface area contributed by atoms with E-state index in [1.807, 2.05) is 6.92 Å². The van der Waals surface area contributed by atoms with Gasteiger partial charge in [-0.2, -0.15) is 0 Å². The molecule has 0 rings (SSSR count). The van der Waals surface area contributed by atoms with E-state index < -0.39 is 0 Å². The first-order valence-electron chi connectivity index (χ1n) is 5.84. The number of halogens is 1. The third-order valence-corrected chi connectivity index (χ3v) is 2.47. The Morgan fingerprint density at radius 2 is 2.12 bits per heavy atom. The summed E-state index contributed by atoms with van der Waals surface area (Å²) in [5, 5.41) is 0.831. The Morgan fingerprint density at radius 3 is 2.62 bits per heavy atom. The van der Waals surface area contributed by atoms with Gasteiger partial charge in [0.1, 0.15) is 0 Å². The van der Waals surface area contributed by atoms with Crippen LogP contribution in [-0.4, -0.2) is 17.4 Å². The van der Waals surface area contributed by atoms with Crippen LogP contribution < -0.4 is 0 Å². The van der Waals surface area contributed by atoms with Crippen molar-refractivity contribution in [2.45, 2.75) is 52.6 Å². The first-order valence-corrected chi connectivity index (χ1v) is 6.96. The van der Waals surface area contributed by atoms with Gasteiger partial charge < -0.3 is 4.74 Å². The highest BCUT2D eigenvalue weighted by molar-refractivity contribution is 9.09. The van der Waals surface area contributed by atoms with Crippen LogP contribution in [-0.2, 0) is 9.53 Å². The molecule has 0 aromatic rings. The number of hydrogen-bond acceptors (Lipinski definition) is 2. The third-order valence-electron chi connectivity index (χ3n) is 1.91. The molecule has 0 radical (unpaired) electrons. The van der Waals surface area contributed by atoms with Crippen LogP contribution in [0.4, 0.5) is 0 Å². The predicted molar refractivity (Wildman–Crippen MR) is 70.4 cm³/mol. The van der Waals surface area contributed by atoms with Crippen molar-refractivity contribution in [3.8, 4) is 11.8 Å². The molecule has 0 aliphatic heterocycles. The van der Waals surface area contributed by atoms with E-state index >= 15 is 0 Å². The Morgan fingerprint density at radius 1 is 1.44 bits per heavy atom. The number of alkyl halides is 1. The molecule has 0 N–H and O–H groups in total. The number of rotatable bonds is 6. The summed E-state index contributed by atoms with van der Waals surface area (Å²) in [5.41, 5.74) is 0. The maximum Gasteiger partial charge on any atom is 0.307 e. The SMILES string of the molecule is CCC#CC(CC(C)C)OC(=O)CCCBr. The maximum atomic E-state index is 11.4. The highest BCUT2D eigenvalue weighted by atomic mass is 79.9. The second-order valence-electron chi connectivity index (χ2n) is 4.08. The average molecular weight is 289 g/mol. The van der Waals surface area contributed by atoms with E-state index in [1.165, 1.54) is 0 Å². The van der Waals surface area contributed by atoms with Crippen molar-refractivity contribution in [1.82, 2.24) is 0 Å². The van der Waals surface area contributed by atoms with Gasteiger partial charge in [0.15, 0.2) is 6.10 Å². The molecule has 16 heavy (non-hydrogen) atoms. The monoisotopic (exact) mass is 288 g/mol. The number of carbonyl (C=O) groups is 1. The minimum absolute atomic E-state index is 0.143. The van der Waals surface area contributed by atoms with Gasteiger partial charge in [-0.15, -0.1) is 0 Å². The topological polar surface area (TPSA) is 26.3 Å². The standard InChI is InChI=1S/C13H21BrO2/c1-4-5-7-12(10-11(2)3)16-13(15)8-6-9-14/h11-12H,4,6,8-10H2,1-3H3. The molecule has 0 aromatic carbocycles. The molecule has 1 unspecified atom stereocenters. The van der Waals surface area contributed by atoms with E-state index in [0.29, 0.717) is 12.3 Å². The average Bonchev–Trinajstić information content (AvgIpc) is 2.22. The predicted octanol–water partition coefficient (Wildman–Crippen LogP) is 3.53. The first kappa shape index (κ1) is 15.5. The molecule has 92 valence electrons. The summed E-state index contributed by atoms with van der Waals surface area (Å²) in [6.07, 6.45) is 2.66. The van der Waals surface area contributed by atoms with Crippen molar-refractivity contribution in [2.24, 2.45) is 5.92 Å². The van der Waals surface area contributed by atoms with Crippen LogP contribution in [0.15, 0.2) is 0 Å². The highest BCUT2D eigenvalue weighted by Gasteiger charge is 2.13. The van der Waals surface area contributed by atoms with Gasteiger partial charge in [-0.25, -0.2) is 0 Å². The number of esters is 1. The molecule has 0 heterocycles. The molecule has 0 amide bonds. The summed E-state index contributed by atoms with van der Waals surface area (Å²) in [6, 6.07) is 0. The van der Waals surface area contributed by atoms with E-state index in [1.54, 1.807) is 0 Å². The van der Waals surface area contributed by atoms with Gasteiger partial charge in [0, 0.05) is 18.2 Å². The number of ether oxygens (including phenoxy) is 1. The zero-order chi connectivity index (χ0) is 12.4. The normalized spacial score (nSPS) is 11.8. The summed E-state index contributed by atoms with van der Waals surface area (Å²) in [6.45, 7) is 6.20. The molecule has 0 aromatic heterocycles. The quantitative estimate of drug-likeness (QED) is 0.425. The summed E-state index contributed by atoms with van der Waals surface area (Å²) in [5.74, 6) is 6.33. The van der Waals surface area contributed by atoms with Gasteiger partial charge in [-0.1, -0.05) is 48.5 Å². The van der Waals surface area contributed by atoms with Crippen molar-refractivity contribution in [1.29, 1.82) is 0 Å². The zero-order valence-corrected chi connectivity index (χ0v) is 12.0. The summed E-state index contributed by atoms with van der Waals surface area (Å²) < 4.78 is 5.33. The second kappa shape index (κ2) is 9.72. The molecule has 0 aliphatic carbocycles. The highest BCUT2D eigenvalue weighted by Crippen LogP contribution is 2.09. The van der Waals surface area contributed by atoms with Crippen molar-refractivity contribution in [3.05, 3.63) is 0 Å². The van der Waals surface area contributed by atoms with Crippen molar-refractivity contribution < 1.29 is 9.53 Å². The van der Waals surface area contributed by atoms with Crippen LogP contribution in [0.2, 0.25) is 0 Å². The lowest BCUT2D eigenvalue weighted by Crippen LogP contribution is -2.18. The van der Waals surface area contributed by atoms with Gasteiger partial charge in [-0.3, -0.25) is 4.79 Å². The lowest BCUT2D eigenvalue weighted by atomic mass is 10.1. The van der Waals surface area contributed by atoms with E-state index in [9.17, 15) is 4.79 Å². The Bertz CT molecular complexity index is 250. The Kier molecular flexibility index (Phi) is 9.42. The first-order chi connectivity index (χ1) is 7.60. The number of carbonyl (C=O) groups excluding carboxylic acids is 1. The molecule has 1 atom stereocenters. The zero-order valence-electron chi connectivity index (χ0n) is 10.4. The lowest BCUT2D eigenvalue weighted by Gasteiger charge is -2.14. The maximum absolute atomic E-state index is 11.4. The summed E-state index contributed by atoms with van der Waals surface area (Å²) in [4.78, 5) is 11.4. The van der Waals surface area contributed by atoms with Gasteiger partial charge in [0.2, 0.25) is 0 Å². The van der Waals surface area contributed by atoms with Gasteiger partial charge in [-0.05, 0) is 18.8 Å². The largest absolute Gasteiger partial charge is 0.449 e. The van der Waals surface area contributed by atoms with Crippen LogP contribution in [0.3, 0.4) is 0 Å². The minimum atomic E-state index is -0.234. The van der Waals surface area contributed by atoms with Crippen LogP contribution in [0, 0.1) is 17.8 Å². The molecule has 0 bridgehead atoms. The van der Waals surface area contributed by atoms with Crippen molar-refractivity contribution >= 4 is 21.9 Å². The molecule has 0 saturated carbocycles. The second-order valence-corrected chi connectivity index (χ2v) is 4.87. The fourth-order valence-corrected chi connectivity index (χ4v) is 1.49. The smallest absolute Gasteiger partial charge is 0.307 e. The number of hydrogen-bond donors (Lipinski definition) is 0. The van der Waals surface area contributed by atoms with Gasteiger partial charge in [0.05, 0.1) is 0 Å². The molecular weight excluding hydrogens is 268 g/mol. The summed E-state index contributed by atoms with van der Waals surface area (Å²) in [7, 11) is 0. The molecule has 0 saturated heterocycles. The fraction of sp³-hybridized carbons (Fsp3) is 0.769. The Hall–Kier alpha value is -0.490. The van der Waals surface area contributed by atoms with Gasteiger partial charge >= 0.3 is 5.97 Å². The van der Waals surface area contributed by atoms with Crippen LogP contribution >= 0.6 is 15.9 Å². The van der Waals surface area contributed by atoms with E-state index in [-0.39, 0.29) is 12.1 Å². The minimum Gasteiger partial charge on any atom is -0.449 e. The summed E-state index contributed by atoms with van der Waals surface area (Å²) >= 11 is 3.29. The molecule has 3 heteroatoms. The fourth-order valence-electron chi connectivity index (χ4n) is 1.21. The van der Waals surface area contributed by atoms with E-state index in [4.69, 9.17) is 4.74 Å². The van der Waals surface area contributed by atoms with Crippen LogP contribution in [0.5, 0.6) is 0 Å².